The first-order valence-corrected chi connectivity index (χ1v) is 9.09. The summed E-state index contributed by atoms with van der Waals surface area (Å²) in [6.45, 7) is 5.24. The third kappa shape index (κ3) is 3.73. The maximum atomic E-state index is 12.8. The van der Waals surface area contributed by atoms with Crippen molar-refractivity contribution in [1.29, 1.82) is 0 Å². The molecule has 140 valence electrons. The molecule has 0 unspecified atom stereocenters. The number of hydrogen-bond donors (Lipinski definition) is 2. The van der Waals surface area contributed by atoms with Crippen LogP contribution >= 0.6 is 0 Å². The maximum Gasteiger partial charge on any atom is 0.295 e. The normalized spacial score (nSPS) is 18.0. The van der Waals surface area contributed by atoms with Gasteiger partial charge in [0.25, 0.3) is 11.5 Å². The predicted octanol–water partition coefficient (Wildman–Crippen LogP) is 0.554. The Bertz CT molecular complexity index is 819. The van der Waals surface area contributed by atoms with Crippen LogP contribution in [0.3, 0.4) is 0 Å². The van der Waals surface area contributed by atoms with Gasteiger partial charge in [-0.1, -0.05) is 18.2 Å². The van der Waals surface area contributed by atoms with Crippen LogP contribution in [0.5, 0.6) is 0 Å². The van der Waals surface area contributed by atoms with E-state index in [1.807, 2.05) is 56.5 Å². The molecule has 26 heavy (non-hydrogen) atoms. The van der Waals surface area contributed by atoms with Gasteiger partial charge in [0.1, 0.15) is 18.3 Å². The van der Waals surface area contributed by atoms with E-state index in [1.165, 1.54) is 0 Å². The zero-order valence-electron chi connectivity index (χ0n) is 15.6. The van der Waals surface area contributed by atoms with Gasteiger partial charge in [-0.3, -0.25) is 14.3 Å². The minimum Gasteiger partial charge on any atom is -0.372 e. The number of ether oxygens (including phenoxy) is 1. The van der Waals surface area contributed by atoms with Crippen molar-refractivity contribution >= 4 is 11.6 Å². The van der Waals surface area contributed by atoms with Gasteiger partial charge in [0.05, 0.1) is 11.4 Å². The second-order valence-electron chi connectivity index (χ2n) is 6.82. The fourth-order valence-corrected chi connectivity index (χ4v) is 3.24. The fourth-order valence-electron chi connectivity index (χ4n) is 3.24. The molecule has 0 radical (unpaired) electrons. The van der Waals surface area contributed by atoms with Crippen molar-refractivity contribution < 1.29 is 14.8 Å². The molecule has 3 rings (SSSR count). The Balaban J connectivity index is 1.73. The van der Waals surface area contributed by atoms with Gasteiger partial charge in [0.2, 0.25) is 0 Å². The minimum absolute atomic E-state index is 0.172. The standard InChI is InChI=1S/C19H26N4O3/c1-13(20-12-16-10-7-11-26-16)18(24)21-17-14(2)22(3)23(19(17)25)15-8-5-4-6-9-15/h4-6,8-9,13,16,20H,7,10-12H2,1-3H3,(H,21,24)/p+1/t13-,16-/m1/s1. The second kappa shape index (κ2) is 7.88. The molecule has 0 bridgehead atoms. The summed E-state index contributed by atoms with van der Waals surface area (Å²) in [5, 5.41) is 4.79. The quantitative estimate of drug-likeness (QED) is 0.790. The lowest BCUT2D eigenvalue weighted by molar-refractivity contribution is -0.678. The van der Waals surface area contributed by atoms with Crippen LogP contribution in [0.1, 0.15) is 25.5 Å². The molecule has 2 atom stereocenters. The molecule has 3 N–H and O–H groups in total. The number of carbonyl (C=O) groups is 1. The van der Waals surface area contributed by atoms with Gasteiger partial charge in [0.15, 0.2) is 6.04 Å². The van der Waals surface area contributed by atoms with Crippen LogP contribution in [0.4, 0.5) is 5.69 Å². The van der Waals surface area contributed by atoms with E-state index in [1.54, 1.807) is 9.36 Å². The molecule has 7 heteroatoms. The average molecular weight is 359 g/mol. The number of anilines is 1. The first-order chi connectivity index (χ1) is 12.5. The first-order valence-electron chi connectivity index (χ1n) is 9.09. The molecule has 1 amide bonds. The summed E-state index contributed by atoms with van der Waals surface area (Å²) in [4.78, 5) is 25.4. The summed E-state index contributed by atoms with van der Waals surface area (Å²) in [6.07, 6.45) is 2.35. The molecular formula is C19H27N4O3+. The highest BCUT2D eigenvalue weighted by Crippen LogP contribution is 2.14. The molecule has 1 saturated heterocycles. The van der Waals surface area contributed by atoms with Crippen LogP contribution in [-0.4, -0.2) is 40.6 Å². The van der Waals surface area contributed by atoms with Gasteiger partial charge in [-0.2, -0.15) is 0 Å². The lowest BCUT2D eigenvalue weighted by atomic mass is 10.2. The van der Waals surface area contributed by atoms with Crippen molar-refractivity contribution in [3.8, 4) is 5.69 Å². The van der Waals surface area contributed by atoms with Gasteiger partial charge in [-0.15, -0.1) is 0 Å². The van der Waals surface area contributed by atoms with Gasteiger partial charge >= 0.3 is 0 Å². The second-order valence-corrected chi connectivity index (χ2v) is 6.82. The van der Waals surface area contributed by atoms with E-state index in [4.69, 9.17) is 4.74 Å². The van der Waals surface area contributed by atoms with Crippen LogP contribution < -0.4 is 16.2 Å². The Morgan fingerprint density at radius 3 is 2.77 bits per heavy atom. The van der Waals surface area contributed by atoms with E-state index in [9.17, 15) is 9.59 Å². The number of nitrogens with two attached hydrogens (primary N) is 1. The first kappa shape index (κ1) is 18.4. The lowest BCUT2D eigenvalue weighted by Gasteiger charge is -2.13. The van der Waals surface area contributed by atoms with E-state index < -0.39 is 0 Å². The maximum absolute atomic E-state index is 12.8. The van der Waals surface area contributed by atoms with Crippen molar-refractivity contribution in [2.75, 3.05) is 18.5 Å². The highest BCUT2D eigenvalue weighted by Gasteiger charge is 2.24. The molecule has 1 aromatic carbocycles. The number of amides is 1. The Kier molecular flexibility index (Phi) is 5.58. The molecule has 2 aromatic rings. The van der Waals surface area contributed by atoms with Crippen LogP contribution in [-0.2, 0) is 16.6 Å². The average Bonchev–Trinajstić information content (AvgIpc) is 3.23. The Hall–Kier alpha value is -2.38. The highest BCUT2D eigenvalue weighted by molar-refractivity contribution is 5.93. The number of quaternary nitrogens is 1. The van der Waals surface area contributed by atoms with Crippen molar-refractivity contribution in [2.24, 2.45) is 7.05 Å². The molecule has 1 aliphatic rings. The molecule has 0 spiro atoms. The molecule has 1 aromatic heterocycles. The number of nitrogens with one attached hydrogen (secondary N) is 1. The minimum atomic E-state index is -0.289. The number of hydrogen-bond acceptors (Lipinski definition) is 3. The topological polar surface area (TPSA) is 81.9 Å². The summed E-state index contributed by atoms with van der Waals surface area (Å²) in [5.41, 5.74) is 1.59. The molecule has 0 aliphatic carbocycles. The van der Waals surface area contributed by atoms with Crippen LogP contribution in [0.25, 0.3) is 5.69 Å². The van der Waals surface area contributed by atoms with E-state index >= 15 is 0 Å². The monoisotopic (exact) mass is 359 g/mol. The Labute approximate surface area is 152 Å². The van der Waals surface area contributed by atoms with Gasteiger partial charge in [-0.25, -0.2) is 4.68 Å². The summed E-state index contributed by atoms with van der Waals surface area (Å²) >= 11 is 0. The zero-order chi connectivity index (χ0) is 18.7. The fraction of sp³-hybridized carbons (Fsp3) is 0.474. The number of para-hydroxylation sites is 1. The Morgan fingerprint density at radius 1 is 1.38 bits per heavy atom. The van der Waals surface area contributed by atoms with Gasteiger partial charge in [0, 0.05) is 13.7 Å². The van der Waals surface area contributed by atoms with E-state index in [2.05, 4.69) is 5.32 Å². The molecule has 0 saturated carbocycles. The smallest absolute Gasteiger partial charge is 0.295 e. The third-order valence-electron chi connectivity index (χ3n) is 4.99. The summed E-state index contributed by atoms with van der Waals surface area (Å²) in [7, 11) is 1.81. The number of nitrogens with zero attached hydrogens (tertiary/aromatic N) is 2. The van der Waals surface area contributed by atoms with Crippen molar-refractivity contribution in [3.05, 3.63) is 46.4 Å². The van der Waals surface area contributed by atoms with Crippen molar-refractivity contribution in [1.82, 2.24) is 9.36 Å². The summed E-state index contributed by atoms with van der Waals surface area (Å²) in [5.74, 6) is -0.172. The lowest BCUT2D eigenvalue weighted by Crippen LogP contribution is -2.93. The highest BCUT2D eigenvalue weighted by atomic mass is 16.5. The van der Waals surface area contributed by atoms with Crippen molar-refractivity contribution in [2.45, 2.75) is 38.8 Å². The predicted molar refractivity (Wildman–Crippen MR) is 99.6 cm³/mol. The van der Waals surface area contributed by atoms with Crippen molar-refractivity contribution in [3.63, 3.8) is 0 Å². The largest absolute Gasteiger partial charge is 0.372 e. The van der Waals surface area contributed by atoms with Crippen LogP contribution in [0, 0.1) is 6.92 Å². The van der Waals surface area contributed by atoms with Crippen LogP contribution in [0.15, 0.2) is 35.1 Å². The summed E-state index contributed by atoms with van der Waals surface area (Å²) < 4.78 is 8.91. The zero-order valence-corrected chi connectivity index (χ0v) is 15.6. The van der Waals surface area contributed by atoms with E-state index in [0.717, 1.165) is 37.4 Å². The molecule has 1 aliphatic heterocycles. The number of benzene rings is 1. The number of rotatable bonds is 6. The number of carbonyl (C=O) groups excluding carboxylic acids is 1. The summed E-state index contributed by atoms with van der Waals surface area (Å²) in [6, 6.07) is 9.10. The molecule has 1 fully saturated rings. The number of aromatic nitrogens is 2. The van der Waals surface area contributed by atoms with E-state index in [0.29, 0.717) is 5.69 Å². The van der Waals surface area contributed by atoms with E-state index in [-0.39, 0.29) is 23.6 Å². The SMILES string of the molecule is Cc1c(NC(=O)[C@@H](C)[NH2+]C[C@H]2CCCO2)c(=O)n(-c2ccccc2)n1C. The molecular weight excluding hydrogens is 332 g/mol. The Morgan fingerprint density at radius 2 is 2.12 bits per heavy atom. The molecule has 2 heterocycles. The third-order valence-corrected chi connectivity index (χ3v) is 4.99. The molecule has 7 nitrogen and oxygen atoms in total. The van der Waals surface area contributed by atoms with Crippen LogP contribution in [0.2, 0.25) is 0 Å². The van der Waals surface area contributed by atoms with Gasteiger partial charge < -0.3 is 15.4 Å². The van der Waals surface area contributed by atoms with Gasteiger partial charge in [-0.05, 0) is 38.8 Å².